The molecule has 0 aliphatic heterocycles. The van der Waals surface area contributed by atoms with E-state index in [0.29, 0.717) is 0 Å². The predicted molar refractivity (Wildman–Crippen MR) is 73.8 cm³/mol. The molecule has 0 bridgehead atoms. The lowest BCUT2D eigenvalue weighted by Gasteiger charge is -2.23. The Balaban J connectivity index is 2.90. The van der Waals surface area contributed by atoms with Gasteiger partial charge in [0.05, 0.1) is 6.61 Å². The Morgan fingerprint density at radius 3 is 2.50 bits per heavy atom. The van der Waals surface area contributed by atoms with Crippen LogP contribution in [0.3, 0.4) is 0 Å². The maximum absolute atomic E-state index is 5.81. The van der Waals surface area contributed by atoms with Crippen molar-refractivity contribution in [3.63, 3.8) is 0 Å². The standard InChI is InChI=1S/C14H22OS/c1-11-6-7-13(15-8-5-9-16)12(10-11)14(2,3)4/h6-7,10,16H,5,8-9H2,1-4H3. The summed E-state index contributed by atoms with van der Waals surface area (Å²) in [5.41, 5.74) is 2.70. The zero-order valence-electron chi connectivity index (χ0n) is 10.7. The summed E-state index contributed by atoms with van der Waals surface area (Å²) < 4.78 is 5.81. The van der Waals surface area contributed by atoms with Crippen molar-refractivity contribution in [1.29, 1.82) is 0 Å². The number of aryl methyl sites for hydroxylation is 1. The summed E-state index contributed by atoms with van der Waals surface area (Å²) in [6.07, 6.45) is 0.987. The average molecular weight is 238 g/mol. The lowest BCUT2D eigenvalue weighted by Crippen LogP contribution is -2.14. The van der Waals surface area contributed by atoms with Crippen LogP contribution >= 0.6 is 12.6 Å². The van der Waals surface area contributed by atoms with Crippen LogP contribution in [0.1, 0.15) is 38.3 Å². The molecule has 0 amide bonds. The van der Waals surface area contributed by atoms with Crippen LogP contribution in [0.2, 0.25) is 0 Å². The van der Waals surface area contributed by atoms with Gasteiger partial charge in [0.2, 0.25) is 0 Å². The van der Waals surface area contributed by atoms with E-state index >= 15 is 0 Å². The monoisotopic (exact) mass is 238 g/mol. The lowest BCUT2D eigenvalue weighted by atomic mass is 9.85. The van der Waals surface area contributed by atoms with Gasteiger partial charge in [0.15, 0.2) is 0 Å². The van der Waals surface area contributed by atoms with Gasteiger partial charge < -0.3 is 4.74 Å². The van der Waals surface area contributed by atoms with Crippen molar-refractivity contribution < 1.29 is 4.74 Å². The second-order valence-electron chi connectivity index (χ2n) is 5.18. The number of hydrogen-bond donors (Lipinski definition) is 1. The van der Waals surface area contributed by atoms with Crippen LogP contribution in [0.25, 0.3) is 0 Å². The van der Waals surface area contributed by atoms with E-state index < -0.39 is 0 Å². The minimum Gasteiger partial charge on any atom is -0.493 e. The Morgan fingerprint density at radius 2 is 1.94 bits per heavy atom. The van der Waals surface area contributed by atoms with Crippen LogP contribution in [0, 0.1) is 6.92 Å². The lowest BCUT2D eigenvalue weighted by molar-refractivity contribution is 0.310. The Kier molecular flexibility index (Phi) is 4.72. The van der Waals surface area contributed by atoms with E-state index in [1.807, 2.05) is 0 Å². The fraction of sp³-hybridized carbons (Fsp3) is 0.571. The van der Waals surface area contributed by atoms with E-state index in [1.54, 1.807) is 0 Å². The molecular weight excluding hydrogens is 216 g/mol. The van der Waals surface area contributed by atoms with E-state index in [-0.39, 0.29) is 5.41 Å². The Hall–Kier alpha value is -0.630. The number of hydrogen-bond acceptors (Lipinski definition) is 2. The third-order valence-corrected chi connectivity index (χ3v) is 2.82. The highest BCUT2D eigenvalue weighted by atomic mass is 32.1. The molecule has 0 fully saturated rings. The quantitative estimate of drug-likeness (QED) is 0.616. The van der Waals surface area contributed by atoms with E-state index in [2.05, 4.69) is 58.5 Å². The van der Waals surface area contributed by atoms with Crippen LogP contribution in [0.4, 0.5) is 0 Å². The summed E-state index contributed by atoms with van der Waals surface area (Å²) in [7, 11) is 0. The molecule has 16 heavy (non-hydrogen) atoms. The molecule has 1 aromatic carbocycles. The molecule has 0 heterocycles. The highest BCUT2D eigenvalue weighted by molar-refractivity contribution is 7.80. The van der Waals surface area contributed by atoms with Crippen LogP contribution in [0.5, 0.6) is 5.75 Å². The Labute approximate surface area is 105 Å². The molecule has 0 radical (unpaired) electrons. The van der Waals surface area contributed by atoms with Gasteiger partial charge in [-0.05, 0) is 36.1 Å². The van der Waals surface area contributed by atoms with Crippen LogP contribution in [-0.4, -0.2) is 12.4 Å². The second-order valence-corrected chi connectivity index (χ2v) is 5.62. The van der Waals surface area contributed by atoms with Gasteiger partial charge >= 0.3 is 0 Å². The van der Waals surface area contributed by atoms with Crippen LogP contribution in [0.15, 0.2) is 18.2 Å². The minimum absolute atomic E-state index is 0.127. The van der Waals surface area contributed by atoms with Crippen molar-refractivity contribution in [1.82, 2.24) is 0 Å². The summed E-state index contributed by atoms with van der Waals surface area (Å²) in [5, 5.41) is 0. The molecular formula is C14H22OS. The average Bonchev–Trinajstić information content (AvgIpc) is 2.19. The number of thiol groups is 1. The first-order valence-electron chi connectivity index (χ1n) is 5.80. The molecule has 0 aromatic heterocycles. The third kappa shape index (κ3) is 3.75. The van der Waals surface area contributed by atoms with Gasteiger partial charge in [0.1, 0.15) is 5.75 Å². The minimum atomic E-state index is 0.127. The molecule has 0 aliphatic carbocycles. The Bertz CT molecular complexity index is 339. The molecule has 1 aromatic rings. The van der Waals surface area contributed by atoms with E-state index in [9.17, 15) is 0 Å². The normalized spacial score (nSPS) is 11.6. The topological polar surface area (TPSA) is 9.23 Å². The fourth-order valence-electron chi connectivity index (χ4n) is 1.60. The summed E-state index contributed by atoms with van der Waals surface area (Å²) in [6, 6.07) is 6.40. The van der Waals surface area contributed by atoms with E-state index in [0.717, 1.165) is 24.5 Å². The van der Waals surface area contributed by atoms with Crippen molar-refractivity contribution in [2.24, 2.45) is 0 Å². The number of rotatable bonds is 4. The number of ether oxygens (including phenoxy) is 1. The highest BCUT2D eigenvalue weighted by Gasteiger charge is 2.18. The summed E-state index contributed by atoms with van der Waals surface area (Å²) in [6.45, 7) is 9.51. The van der Waals surface area contributed by atoms with Gasteiger partial charge in [-0.2, -0.15) is 12.6 Å². The van der Waals surface area contributed by atoms with Gasteiger partial charge in [-0.1, -0.05) is 38.5 Å². The number of benzene rings is 1. The Morgan fingerprint density at radius 1 is 1.25 bits per heavy atom. The SMILES string of the molecule is Cc1ccc(OCCCS)c(C(C)(C)C)c1. The van der Waals surface area contributed by atoms with Gasteiger partial charge in [-0.25, -0.2) is 0 Å². The maximum atomic E-state index is 5.81. The molecule has 0 N–H and O–H groups in total. The molecule has 0 spiro atoms. The molecule has 0 saturated heterocycles. The molecule has 2 heteroatoms. The zero-order valence-corrected chi connectivity index (χ0v) is 11.6. The fourth-order valence-corrected chi connectivity index (χ4v) is 1.73. The van der Waals surface area contributed by atoms with E-state index in [4.69, 9.17) is 4.74 Å². The largest absolute Gasteiger partial charge is 0.493 e. The molecule has 1 rings (SSSR count). The van der Waals surface area contributed by atoms with Gasteiger partial charge in [0.25, 0.3) is 0 Å². The summed E-state index contributed by atoms with van der Waals surface area (Å²) in [4.78, 5) is 0. The maximum Gasteiger partial charge on any atom is 0.123 e. The van der Waals surface area contributed by atoms with E-state index in [1.165, 1.54) is 11.1 Å². The summed E-state index contributed by atoms with van der Waals surface area (Å²) >= 11 is 4.19. The zero-order chi connectivity index (χ0) is 12.2. The van der Waals surface area contributed by atoms with Crippen molar-refractivity contribution in [3.8, 4) is 5.75 Å². The summed E-state index contributed by atoms with van der Waals surface area (Å²) in [5.74, 6) is 1.89. The van der Waals surface area contributed by atoms with Gasteiger partial charge in [0, 0.05) is 0 Å². The van der Waals surface area contributed by atoms with Crippen LogP contribution < -0.4 is 4.74 Å². The van der Waals surface area contributed by atoms with Gasteiger partial charge in [-0.3, -0.25) is 0 Å². The van der Waals surface area contributed by atoms with Crippen LogP contribution in [-0.2, 0) is 5.41 Å². The van der Waals surface area contributed by atoms with Crippen molar-refractivity contribution in [2.75, 3.05) is 12.4 Å². The highest BCUT2D eigenvalue weighted by Crippen LogP contribution is 2.32. The molecule has 0 atom stereocenters. The van der Waals surface area contributed by atoms with Crippen molar-refractivity contribution in [3.05, 3.63) is 29.3 Å². The third-order valence-electron chi connectivity index (χ3n) is 2.50. The molecule has 0 aliphatic rings. The smallest absolute Gasteiger partial charge is 0.123 e. The molecule has 0 saturated carbocycles. The van der Waals surface area contributed by atoms with Crippen molar-refractivity contribution >= 4 is 12.6 Å². The molecule has 1 nitrogen and oxygen atoms in total. The first-order valence-corrected chi connectivity index (χ1v) is 6.43. The molecule has 90 valence electrons. The second kappa shape index (κ2) is 5.62. The predicted octanol–water partition coefficient (Wildman–Crippen LogP) is 3.99. The van der Waals surface area contributed by atoms with Gasteiger partial charge in [-0.15, -0.1) is 0 Å². The van der Waals surface area contributed by atoms with Crippen molar-refractivity contribution in [2.45, 2.75) is 39.5 Å². The molecule has 0 unspecified atom stereocenters. The first-order chi connectivity index (χ1) is 7.45. The first kappa shape index (κ1) is 13.4.